The van der Waals surface area contributed by atoms with Gasteiger partial charge in [-0.05, 0) is 39.0 Å². The average molecular weight is 406 g/mol. The summed E-state index contributed by atoms with van der Waals surface area (Å²) < 4.78 is 19.6. The van der Waals surface area contributed by atoms with Crippen LogP contribution in [0.1, 0.15) is 20.8 Å². The quantitative estimate of drug-likeness (QED) is 0.281. The summed E-state index contributed by atoms with van der Waals surface area (Å²) in [5, 5.41) is 11.1. The van der Waals surface area contributed by atoms with E-state index < -0.39 is 25.1 Å². The van der Waals surface area contributed by atoms with E-state index in [0.29, 0.717) is 0 Å². The third-order valence-electron chi connectivity index (χ3n) is 3.27. The van der Waals surface area contributed by atoms with Crippen LogP contribution in [0.5, 0.6) is 17.2 Å². The van der Waals surface area contributed by atoms with Crippen LogP contribution in [-0.4, -0.2) is 23.0 Å². The van der Waals surface area contributed by atoms with Crippen LogP contribution in [0.2, 0.25) is 0 Å². The van der Waals surface area contributed by atoms with Crippen LogP contribution in [-0.2, 0) is 9.53 Å². The van der Waals surface area contributed by atoms with Crippen molar-refractivity contribution >= 4 is 19.8 Å². The van der Waals surface area contributed by atoms with Crippen LogP contribution in [0, 0.1) is 10.1 Å². The number of nitrogens with zero attached hydrogens (tertiary/aromatic N) is 2. The van der Waals surface area contributed by atoms with Crippen molar-refractivity contribution in [2.24, 2.45) is 4.74 Å². The van der Waals surface area contributed by atoms with Crippen LogP contribution in [0.15, 0.2) is 53.3 Å². The predicted octanol–water partition coefficient (Wildman–Crippen LogP) is 3.96. The summed E-state index contributed by atoms with van der Waals surface area (Å²) >= 11 is 0. The fraction of sp³-hybridized carbons (Fsp3) is 0.278. The second-order valence-corrected chi connectivity index (χ2v) is 6.77. The Morgan fingerprint density at radius 3 is 2.21 bits per heavy atom. The minimum Gasteiger partial charge on any atom is -0.575 e. The second-order valence-electron chi connectivity index (χ2n) is 5.88. The number of benzene rings is 2. The largest absolute Gasteiger partial charge is 0.575 e. The van der Waals surface area contributed by atoms with Crippen molar-refractivity contribution in [1.82, 2.24) is 0 Å². The molecule has 2 aromatic rings. The van der Waals surface area contributed by atoms with Crippen molar-refractivity contribution in [2.75, 3.05) is 0 Å². The number of carbonyl (C=O) groups excluding carboxylic acids is 1. The van der Waals surface area contributed by atoms with Gasteiger partial charge in [0.05, 0.1) is 11.0 Å². The lowest BCUT2D eigenvalue weighted by molar-refractivity contribution is -0.385. The van der Waals surface area contributed by atoms with E-state index in [2.05, 4.69) is 4.74 Å². The van der Waals surface area contributed by atoms with Crippen LogP contribution in [0.4, 0.5) is 5.69 Å². The standard InChI is InChI=1S/C18H19N2O7P/c1-12(2)25-18(21)13(3)19-28(24)27-17-11-7-6-10-16(17)26-15-9-5-4-8-14(15)20(22)23/h4-13H,1-3H3. The molecule has 0 saturated carbocycles. The monoisotopic (exact) mass is 406 g/mol. The van der Waals surface area contributed by atoms with Crippen molar-refractivity contribution in [1.29, 1.82) is 0 Å². The molecular formula is C18H19N2O7P. The summed E-state index contributed by atoms with van der Waals surface area (Å²) in [6, 6.07) is 11.1. The molecule has 0 spiro atoms. The number of carbonyl (C=O) groups is 1. The van der Waals surface area contributed by atoms with Crippen molar-refractivity contribution < 1.29 is 28.6 Å². The topological polar surface area (TPSA) is 123 Å². The van der Waals surface area contributed by atoms with Gasteiger partial charge >= 0.3 is 19.8 Å². The molecular weight excluding hydrogens is 387 g/mol. The van der Waals surface area contributed by atoms with Gasteiger partial charge in [0.15, 0.2) is 11.8 Å². The first-order valence-electron chi connectivity index (χ1n) is 8.34. The smallest absolute Gasteiger partial charge is 0.395 e. The van der Waals surface area contributed by atoms with Gasteiger partial charge in [0.1, 0.15) is 0 Å². The first-order chi connectivity index (χ1) is 13.3. The Balaban J connectivity index is 2.19. The lowest BCUT2D eigenvalue weighted by atomic mass is 10.3. The Morgan fingerprint density at radius 2 is 1.61 bits per heavy atom. The van der Waals surface area contributed by atoms with Crippen molar-refractivity contribution in [3.05, 3.63) is 58.6 Å². The van der Waals surface area contributed by atoms with E-state index in [1.165, 1.54) is 37.3 Å². The van der Waals surface area contributed by atoms with E-state index in [1.54, 1.807) is 32.0 Å². The van der Waals surface area contributed by atoms with Gasteiger partial charge in [0.2, 0.25) is 11.5 Å². The molecule has 0 heterocycles. The van der Waals surface area contributed by atoms with Crippen molar-refractivity contribution in [3.63, 3.8) is 0 Å². The molecule has 0 amide bonds. The van der Waals surface area contributed by atoms with Crippen LogP contribution in [0.25, 0.3) is 0 Å². The Hall–Kier alpha value is -3.03. The molecule has 2 unspecified atom stereocenters. The molecule has 2 atom stereocenters. The summed E-state index contributed by atoms with van der Waals surface area (Å²) in [6.45, 7) is 4.83. The second kappa shape index (κ2) is 9.77. The summed E-state index contributed by atoms with van der Waals surface area (Å²) in [5.74, 6) is -0.432. The van der Waals surface area contributed by atoms with Gasteiger partial charge in [-0.3, -0.25) is 14.6 Å². The maximum atomic E-state index is 12.2. The third-order valence-corrected chi connectivity index (χ3v) is 4.16. The first kappa shape index (κ1) is 21.3. The van der Waals surface area contributed by atoms with E-state index in [-0.39, 0.29) is 29.0 Å². The van der Waals surface area contributed by atoms with Gasteiger partial charge in [-0.25, -0.2) is 4.79 Å². The molecule has 0 bridgehead atoms. The highest BCUT2D eigenvalue weighted by molar-refractivity contribution is 7.34. The molecule has 0 aliphatic heterocycles. The molecule has 0 saturated heterocycles. The van der Waals surface area contributed by atoms with E-state index in [9.17, 15) is 19.8 Å². The highest BCUT2D eigenvalue weighted by atomic mass is 31.1. The van der Waals surface area contributed by atoms with Crippen LogP contribution < -0.4 is 14.2 Å². The molecule has 0 fully saturated rings. The molecule has 28 heavy (non-hydrogen) atoms. The summed E-state index contributed by atoms with van der Waals surface area (Å²) in [6.07, 6.45) is -0.320. The summed E-state index contributed by atoms with van der Waals surface area (Å²) in [7, 11) is -2.60. The van der Waals surface area contributed by atoms with Crippen LogP contribution in [0.3, 0.4) is 0 Å². The fourth-order valence-electron chi connectivity index (χ4n) is 2.05. The molecule has 10 heteroatoms. The molecule has 0 aromatic heterocycles. The van der Waals surface area contributed by atoms with Gasteiger partial charge < -0.3 is 14.4 Å². The van der Waals surface area contributed by atoms with E-state index >= 15 is 0 Å². The van der Waals surface area contributed by atoms with E-state index in [1.807, 2.05) is 0 Å². The van der Waals surface area contributed by atoms with Crippen molar-refractivity contribution in [2.45, 2.75) is 32.9 Å². The third kappa shape index (κ3) is 6.00. The number of hydrogen-bond donors (Lipinski definition) is 0. The zero-order chi connectivity index (χ0) is 20.7. The number of rotatable bonds is 8. The zero-order valence-electron chi connectivity index (χ0n) is 15.5. The number of nitro groups is 1. The Morgan fingerprint density at radius 1 is 1.04 bits per heavy atom. The Kier molecular flexibility index (Phi) is 7.43. The molecule has 9 nitrogen and oxygen atoms in total. The van der Waals surface area contributed by atoms with Gasteiger partial charge in [-0.2, -0.15) is 0 Å². The summed E-state index contributed by atoms with van der Waals surface area (Å²) in [5.41, 5.74) is -0.226. The minimum absolute atomic E-state index is 0.00425. The zero-order valence-corrected chi connectivity index (χ0v) is 16.4. The molecule has 148 valence electrons. The van der Waals surface area contributed by atoms with E-state index in [4.69, 9.17) is 14.0 Å². The predicted molar refractivity (Wildman–Crippen MR) is 100 cm³/mol. The van der Waals surface area contributed by atoms with Crippen LogP contribution >= 0.6 is 8.17 Å². The maximum absolute atomic E-state index is 12.2. The Bertz CT molecular complexity index is 886. The average Bonchev–Trinajstić information content (AvgIpc) is 2.63. The number of para-hydroxylation sites is 4. The summed E-state index contributed by atoms with van der Waals surface area (Å²) in [4.78, 5) is 34.5. The molecule has 2 aromatic carbocycles. The number of nitro benzene ring substituents is 1. The van der Waals surface area contributed by atoms with Gasteiger partial charge in [0, 0.05) is 6.07 Å². The molecule has 2 rings (SSSR count). The lowest BCUT2D eigenvalue weighted by Crippen LogP contribution is -2.21. The number of esters is 1. The van der Waals surface area contributed by atoms with E-state index in [0.717, 1.165) is 0 Å². The SMILES string of the molecule is CC(C)OC(=O)C(C)N=[P+]([O-])Oc1ccccc1Oc1ccccc1[N+](=O)[O-]. The highest BCUT2D eigenvalue weighted by Gasteiger charge is 2.21. The lowest BCUT2D eigenvalue weighted by Gasteiger charge is -2.10. The fourth-order valence-corrected chi connectivity index (χ4v) is 2.79. The van der Waals surface area contributed by atoms with Gasteiger partial charge in [-0.15, -0.1) is 0 Å². The highest BCUT2D eigenvalue weighted by Crippen LogP contribution is 2.38. The van der Waals surface area contributed by atoms with Crippen molar-refractivity contribution in [3.8, 4) is 17.2 Å². The minimum atomic E-state index is -2.60. The molecule has 0 radical (unpaired) electrons. The normalized spacial score (nSPS) is 12.4. The number of ether oxygens (including phenoxy) is 2. The molecule has 0 aliphatic carbocycles. The van der Waals surface area contributed by atoms with Gasteiger partial charge in [-0.1, -0.05) is 29.0 Å². The first-order valence-corrected chi connectivity index (χ1v) is 9.47. The molecule has 0 aliphatic rings. The number of hydrogen-bond acceptors (Lipinski definition) is 8. The maximum Gasteiger partial charge on any atom is 0.395 e. The Labute approximate surface area is 162 Å². The molecule has 0 N–H and O–H groups in total. The van der Waals surface area contributed by atoms with Gasteiger partial charge in [0.25, 0.3) is 0 Å².